The van der Waals surface area contributed by atoms with Gasteiger partial charge in [-0.05, 0) is 18.2 Å². The molecule has 0 aromatic heterocycles. The minimum atomic E-state index is -3.88. The number of benzene rings is 1. The first-order valence-electron chi connectivity index (χ1n) is 5.63. The Morgan fingerprint density at radius 2 is 1.85 bits per heavy atom. The SMILES string of the molecule is O=S1(=O)CCN(S(=O)(=O)Nc2ccc(F)c(Cl)c2)CC1. The Morgan fingerprint density at radius 1 is 1.25 bits per heavy atom. The van der Waals surface area contributed by atoms with Crippen molar-refractivity contribution in [3.05, 3.63) is 29.0 Å². The number of rotatable bonds is 3. The van der Waals surface area contributed by atoms with E-state index in [-0.39, 0.29) is 35.3 Å². The maximum Gasteiger partial charge on any atom is 0.301 e. The fraction of sp³-hybridized carbons (Fsp3) is 0.400. The highest BCUT2D eigenvalue weighted by molar-refractivity contribution is 7.92. The minimum absolute atomic E-state index is 0.105. The Hall–Kier alpha value is -0.900. The van der Waals surface area contributed by atoms with E-state index in [9.17, 15) is 21.2 Å². The van der Waals surface area contributed by atoms with E-state index in [4.69, 9.17) is 11.6 Å². The van der Waals surface area contributed by atoms with Crippen molar-refractivity contribution < 1.29 is 21.2 Å². The van der Waals surface area contributed by atoms with Crippen LogP contribution >= 0.6 is 11.6 Å². The topological polar surface area (TPSA) is 83.6 Å². The van der Waals surface area contributed by atoms with Gasteiger partial charge in [-0.1, -0.05) is 11.6 Å². The predicted octanol–water partition coefficient (Wildman–Crippen LogP) is 0.866. The van der Waals surface area contributed by atoms with Crippen molar-refractivity contribution in [2.45, 2.75) is 0 Å². The van der Waals surface area contributed by atoms with Gasteiger partial charge in [0.05, 0.1) is 22.2 Å². The molecule has 0 aliphatic carbocycles. The van der Waals surface area contributed by atoms with Crippen molar-refractivity contribution in [3.63, 3.8) is 0 Å². The number of hydrogen-bond acceptors (Lipinski definition) is 4. The average Bonchev–Trinajstić information content (AvgIpc) is 2.33. The van der Waals surface area contributed by atoms with Gasteiger partial charge in [-0.25, -0.2) is 12.8 Å². The van der Waals surface area contributed by atoms with Crippen LogP contribution in [0.3, 0.4) is 0 Å². The molecule has 1 heterocycles. The molecule has 2 rings (SSSR count). The number of nitrogens with one attached hydrogen (secondary N) is 1. The Morgan fingerprint density at radius 3 is 2.40 bits per heavy atom. The molecule has 1 aromatic carbocycles. The zero-order chi connectivity index (χ0) is 15.0. The molecule has 0 saturated carbocycles. The largest absolute Gasteiger partial charge is 0.301 e. The van der Waals surface area contributed by atoms with E-state index in [1.54, 1.807) is 0 Å². The zero-order valence-corrected chi connectivity index (χ0v) is 12.6. The fourth-order valence-electron chi connectivity index (χ4n) is 1.71. The molecule has 0 radical (unpaired) electrons. The van der Waals surface area contributed by atoms with Crippen molar-refractivity contribution in [3.8, 4) is 0 Å². The maximum absolute atomic E-state index is 13.0. The van der Waals surface area contributed by atoms with Gasteiger partial charge in [0, 0.05) is 13.1 Å². The molecule has 0 spiro atoms. The molecule has 1 aromatic rings. The maximum atomic E-state index is 13.0. The molecule has 0 atom stereocenters. The van der Waals surface area contributed by atoms with Gasteiger partial charge in [0.1, 0.15) is 5.82 Å². The Balaban J connectivity index is 2.13. The molecular weight excluding hydrogens is 331 g/mol. The van der Waals surface area contributed by atoms with E-state index < -0.39 is 25.9 Å². The molecular formula is C10H12ClFN2O4S2. The lowest BCUT2D eigenvalue weighted by Crippen LogP contribution is -2.45. The smallest absolute Gasteiger partial charge is 0.271 e. The van der Waals surface area contributed by atoms with Crippen molar-refractivity contribution in [1.82, 2.24) is 4.31 Å². The fourth-order valence-corrected chi connectivity index (χ4v) is 4.54. The normalized spacial score (nSPS) is 19.7. The van der Waals surface area contributed by atoms with Crippen LogP contribution < -0.4 is 4.72 Å². The molecule has 0 unspecified atom stereocenters. The first kappa shape index (κ1) is 15.5. The van der Waals surface area contributed by atoms with Gasteiger partial charge < -0.3 is 0 Å². The number of sulfone groups is 1. The van der Waals surface area contributed by atoms with Gasteiger partial charge in [-0.15, -0.1) is 0 Å². The van der Waals surface area contributed by atoms with Crippen molar-refractivity contribution in [2.75, 3.05) is 29.3 Å². The molecule has 1 saturated heterocycles. The zero-order valence-electron chi connectivity index (χ0n) is 10.2. The van der Waals surface area contributed by atoms with Gasteiger partial charge in [-0.2, -0.15) is 12.7 Å². The number of halogens is 2. The number of anilines is 1. The van der Waals surface area contributed by atoms with Crippen LogP contribution in [0.25, 0.3) is 0 Å². The molecule has 112 valence electrons. The van der Waals surface area contributed by atoms with Crippen LogP contribution in [-0.2, 0) is 20.0 Å². The van der Waals surface area contributed by atoms with Crippen molar-refractivity contribution in [2.24, 2.45) is 0 Å². The summed E-state index contributed by atoms with van der Waals surface area (Å²) < 4.78 is 62.9. The molecule has 1 N–H and O–H groups in total. The average molecular weight is 343 g/mol. The van der Waals surface area contributed by atoms with Crippen LogP contribution in [-0.4, -0.2) is 45.7 Å². The highest BCUT2D eigenvalue weighted by Crippen LogP contribution is 2.21. The van der Waals surface area contributed by atoms with Crippen LogP contribution in [0.5, 0.6) is 0 Å². The second-order valence-electron chi connectivity index (χ2n) is 4.29. The summed E-state index contributed by atoms with van der Waals surface area (Å²) in [6.45, 7) is -0.209. The summed E-state index contributed by atoms with van der Waals surface area (Å²) >= 11 is 5.56. The second kappa shape index (κ2) is 5.47. The predicted molar refractivity (Wildman–Crippen MR) is 74.2 cm³/mol. The monoisotopic (exact) mass is 342 g/mol. The third-order valence-corrected chi connectivity index (χ3v) is 6.25. The first-order chi connectivity index (χ1) is 9.20. The van der Waals surface area contributed by atoms with E-state index in [1.165, 1.54) is 6.07 Å². The quantitative estimate of drug-likeness (QED) is 0.883. The van der Waals surface area contributed by atoms with E-state index in [2.05, 4.69) is 4.72 Å². The van der Waals surface area contributed by atoms with Gasteiger partial charge in [0.25, 0.3) is 0 Å². The number of hydrogen-bond donors (Lipinski definition) is 1. The van der Waals surface area contributed by atoms with Crippen molar-refractivity contribution >= 4 is 37.3 Å². The van der Waals surface area contributed by atoms with Crippen LogP contribution in [0.4, 0.5) is 10.1 Å². The van der Waals surface area contributed by atoms with Crippen LogP contribution in [0.15, 0.2) is 18.2 Å². The van der Waals surface area contributed by atoms with Gasteiger partial charge in [0.15, 0.2) is 9.84 Å². The Kier molecular flexibility index (Phi) is 4.24. The molecule has 1 fully saturated rings. The number of nitrogens with zero attached hydrogens (tertiary/aromatic N) is 1. The summed E-state index contributed by atoms with van der Waals surface area (Å²) in [5, 5.41) is -0.202. The van der Waals surface area contributed by atoms with Crippen LogP contribution in [0.1, 0.15) is 0 Å². The summed E-state index contributed by atoms with van der Waals surface area (Å²) in [6.07, 6.45) is 0. The lowest BCUT2D eigenvalue weighted by Gasteiger charge is -2.26. The minimum Gasteiger partial charge on any atom is -0.271 e. The van der Waals surface area contributed by atoms with E-state index >= 15 is 0 Å². The summed E-state index contributed by atoms with van der Waals surface area (Å²) in [4.78, 5) is 0. The molecule has 6 nitrogen and oxygen atoms in total. The molecule has 1 aliphatic rings. The van der Waals surface area contributed by atoms with Crippen molar-refractivity contribution in [1.29, 1.82) is 0 Å². The molecule has 20 heavy (non-hydrogen) atoms. The summed E-state index contributed by atoms with van der Waals surface area (Å²) in [5.74, 6) is -1.07. The van der Waals surface area contributed by atoms with E-state index in [0.717, 1.165) is 16.4 Å². The van der Waals surface area contributed by atoms with Gasteiger partial charge in [-0.3, -0.25) is 4.72 Å². The standard InChI is InChI=1S/C10H12ClFN2O4S2/c11-9-7-8(1-2-10(9)12)13-20(17,18)14-3-5-19(15,16)6-4-14/h1-2,7,13H,3-6H2. The van der Waals surface area contributed by atoms with Crippen LogP contribution in [0, 0.1) is 5.82 Å². The van der Waals surface area contributed by atoms with Gasteiger partial charge in [0.2, 0.25) is 0 Å². The Labute approximate surface area is 121 Å². The second-order valence-corrected chi connectivity index (χ2v) is 8.67. The first-order valence-corrected chi connectivity index (χ1v) is 9.27. The third kappa shape index (κ3) is 3.60. The summed E-state index contributed by atoms with van der Waals surface area (Å²) in [6, 6.07) is 3.43. The molecule has 0 amide bonds. The third-order valence-electron chi connectivity index (χ3n) is 2.81. The molecule has 1 aliphatic heterocycles. The summed E-state index contributed by atoms with van der Waals surface area (Å²) in [7, 11) is -7.04. The van der Waals surface area contributed by atoms with Crippen LogP contribution in [0.2, 0.25) is 5.02 Å². The highest BCUT2D eigenvalue weighted by Gasteiger charge is 2.29. The summed E-state index contributed by atoms with van der Waals surface area (Å²) in [5.41, 5.74) is 0.116. The highest BCUT2D eigenvalue weighted by atomic mass is 35.5. The lowest BCUT2D eigenvalue weighted by atomic mass is 10.3. The van der Waals surface area contributed by atoms with Gasteiger partial charge >= 0.3 is 10.2 Å². The van der Waals surface area contributed by atoms with E-state index in [1.807, 2.05) is 0 Å². The lowest BCUT2D eigenvalue weighted by molar-refractivity contribution is 0.434. The van der Waals surface area contributed by atoms with E-state index in [0.29, 0.717) is 0 Å². The molecule has 0 bridgehead atoms. The Bertz CT molecular complexity index is 707. The molecule has 10 heteroatoms.